The molecule has 1 aromatic rings. The fourth-order valence-corrected chi connectivity index (χ4v) is 3.40. The third-order valence-corrected chi connectivity index (χ3v) is 4.96. The number of amides is 2. The summed E-state index contributed by atoms with van der Waals surface area (Å²) in [6, 6.07) is 5.16. The standard InChI is InChI=1S/C19H27N3O4.ClH/c1-25-17-4-3-15(19(24)22-8-10-26-11-9-22)12-16(17)21-18(23)5-2-14-6-7-20-13-14;/h3-4,12,14,20H,2,5-11,13H2,1H3,(H,21,23);1H. The fraction of sp³-hybridized carbons (Fsp3) is 0.579. The van der Waals surface area contributed by atoms with Crippen molar-refractivity contribution in [2.45, 2.75) is 19.3 Å². The molecule has 0 bridgehead atoms. The molecule has 2 heterocycles. The predicted molar refractivity (Wildman–Crippen MR) is 106 cm³/mol. The minimum absolute atomic E-state index is 0. The second-order valence-electron chi connectivity index (χ2n) is 6.77. The highest BCUT2D eigenvalue weighted by atomic mass is 35.5. The van der Waals surface area contributed by atoms with Crippen LogP contribution in [0.15, 0.2) is 18.2 Å². The van der Waals surface area contributed by atoms with Gasteiger partial charge < -0.3 is 25.0 Å². The van der Waals surface area contributed by atoms with E-state index >= 15 is 0 Å². The lowest BCUT2D eigenvalue weighted by Crippen LogP contribution is -2.40. The lowest BCUT2D eigenvalue weighted by Gasteiger charge is -2.27. The molecule has 0 spiro atoms. The molecule has 2 fully saturated rings. The number of halogens is 1. The zero-order valence-electron chi connectivity index (χ0n) is 15.7. The third kappa shape index (κ3) is 5.82. The second kappa shape index (κ2) is 10.5. The first-order valence-corrected chi connectivity index (χ1v) is 9.23. The minimum atomic E-state index is -0.0523. The third-order valence-electron chi connectivity index (χ3n) is 4.96. The largest absolute Gasteiger partial charge is 0.495 e. The summed E-state index contributed by atoms with van der Waals surface area (Å²) >= 11 is 0. The van der Waals surface area contributed by atoms with Gasteiger partial charge in [0.05, 0.1) is 26.0 Å². The van der Waals surface area contributed by atoms with Crippen molar-refractivity contribution >= 4 is 29.9 Å². The summed E-state index contributed by atoms with van der Waals surface area (Å²) in [7, 11) is 1.55. The molecule has 7 nitrogen and oxygen atoms in total. The van der Waals surface area contributed by atoms with E-state index < -0.39 is 0 Å². The number of hydrogen-bond donors (Lipinski definition) is 2. The summed E-state index contributed by atoms with van der Waals surface area (Å²) in [5.41, 5.74) is 1.09. The van der Waals surface area contributed by atoms with Crippen LogP contribution in [0.5, 0.6) is 5.75 Å². The average molecular weight is 398 g/mol. The molecule has 0 radical (unpaired) electrons. The van der Waals surface area contributed by atoms with Crippen molar-refractivity contribution in [2.24, 2.45) is 5.92 Å². The van der Waals surface area contributed by atoms with Crippen LogP contribution in [-0.4, -0.2) is 63.2 Å². The Kier molecular flexibility index (Phi) is 8.34. The number of morpholine rings is 1. The Labute approximate surface area is 166 Å². The van der Waals surface area contributed by atoms with Crippen molar-refractivity contribution in [1.29, 1.82) is 0 Å². The molecule has 27 heavy (non-hydrogen) atoms. The van der Waals surface area contributed by atoms with E-state index in [9.17, 15) is 9.59 Å². The molecule has 2 saturated heterocycles. The molecule has 2 amide bonds. The normalized spacial score (nSPS) is 19.3. The molecule has 1 aromatic carbocycles. The highest BCUT2D eigenvalue weighted by Gasteiger charge is 2.21. The molecular formula is C19H28ClN3O4. The van der Waals surface area contributed by atoms with Crippen LogP contribution < -0.4 is 15.4 Å². The minimum Gasteiger partial charge on any atom is -0.495 e. The van der Waals surface area contributed by atoms with Gasteiger partial charge >= 0.3 is 0 Å². The van der Waals surface area contributed by atoms with Crippen LogP contribution in [0.3, 0.4) is 0 Å². The Morgan fingerprint density at radius 1 is 1.33 bits per heavy atom. The predicted octanol–water partition coefficient (Wildman–Crippen LogP) is 1.92. The van der Waals surface area contributed by atoms with Gasteiger partial charge in [-0.2, -0.15) is 0 Å². The molecule has 8 heteroatoms. The number of rotatable bonds is 6. The summed E-state index contributed by atoms with van der Waals surface area (Å²) in [4.78, 5) is 26.7. The molecule has 2 N–H and O–H groups in total. The number of methoxy groups -OCH3 is 1. The Morgan fingerprint density at radius 2 is 2.11 bits per heavy atom. The van der Waals surface area contributed by atoms with Crippen molar-refractivity contribution in [2.75, 3.05) is 51.8 Å². The van der Waals surface area contributed by atoms with Gasteiger partial charge in [-0.25, -0.2) is 0 Å². The SMILES string of the molecule is COc1ccc(C(=O)N2CCOCC2)cc1NC(=O)CCC1CCNC1.Cl. The maximum atomic E-state index is 12.6. The van der Waals surface area contributed by atoms with Crippen molar-refractivity contribution in [3.8, 4) is 5.75 Å². The Balaban J connectivity index is 0.00000261. The highest BCUT2D eigenvalue weighted by Crippen LogP contribution is 2.27. The van der Waals surface area contributed by atoms with E-state index in [4.69, 9.17) is 9.47 Å². The first kappa shape index (κ1) is 21.5. The first-order valence-electron chi connectivity index (χ1n) is 9.23. The molecule has 150 valence electrons. The average Bonchev–Trinajstić information content (AvgIpc) is 3.20. The number of carbonyl (C=O) groups is 2. The number of anilines is 1. The molecule has 2 aliphatic rings. The zero-order chi connectivity index (χ0) is 18.4. The van der Waals surface area contributed by atoms with Gasteiger partial charge in [-0.05, 0) is 50.0 Å². The van der Waals surface area contributed by atoms with E-state index in [1.807, 2.05) is 0 Å². The molecule has 1 atom stereocenters. The first-order chi connectivity index (χ1) is 12.7. The van der Waals surface area contributed by atoms with Crippen LogP contribution in [0.25, 0.3) is 0 Å². The lowest BCUT2D eigenvalue weighted by atomic mass is 10.0. The van der Waals surface area contributed by atoms with Crippen LogP contribution in [-0.2, 0) is 9.53 Å². The summed E-state index contributed by atoms with van der Waals surface area (Å²) in [5.74, 6) is 1.02. The van der Waals surface area contributed by atoms with Crippen molar-refractivity contribution in [3.63, 3.8) is 0 Å². The van der Waals surface area contributed by atoms with E-state index in [1.165, 1.54) is 0 Å². The number of nitrogens with one attached hydrogen (secondary N) is 2. The van der Waals surface area contributed by atoms with Crippen molar-refractivity contribution in [1.82, 2.24) is 10.2 Å². The number of carbonyl (C=O) groups excluding carboxylic acids is 2. The van der Waals surface area contributed by atoms with E-state index in [2.05, 4.69) is 10.6 Å². The van der Waals surface area contributed by atoms with Gasteiger partial charge in [0.25, 0.3) is 5.91 Å². The monoisotopic (exact) mass is 397 g/mol. The summed E-state index contributed by atoms with van der Waals surface area (Å²) in [6.45, 7) is 4.30. The smallest absolute Gasteiger partial charge is 0.254 e. The van der Waals surface area contributed by atoms with Gasteiger partial charge in [0.2, 0.25) is 5.91 Å². The quantitative estimate of drug-likeness (QED) is 0.766. The molecular weight excluding hydrogens is 370 g/mol. The van der Waals surface area contributed by atoms with Gasteiger partial charge in [-0.1, -0.05) is 0 Å². The van der Waals surface area contributed by atoms with Crippen LogP contribution in [0.2, 0.25) is 0 Å². The van der Waals surface area contributed by atoms with Gasteiger partial charge in [-0.15, -0.1) is 12.4 Å². The van der Waals surface area contributed by atoms with Crippen molar-refractivity contribution in [3.05, 3.63) is 23.8 Å². The van der Waals surface area contributed by atoms with E-state index in [0.29, 0.717) is 55.6 Å². The summed E-state index contributed by atoms with van der Waals surface area (Å²) in [6.07, 6.45) is 2.46. The lowest BCUT2D eigenvalue weighted by molar-refractivity contribution is -0.116. The van der Waals surface area contributed by atoms with Crippen LogP contribution in [0.1, 0.15) is 29.6 Å². The summed E-state index contributed by atoms with van der Waals surface area (Å²) < 4.78 is 10.6. The summed E-state index contributed by atoms with van der Waals surface area (Å²) in [5, 5.41) is 6.22. The van der Waals surface area contributed by atoms with E-state index in [0.717, 1.165) is 25.9 Å². The number of benzene rings is 1. The molecule has 1 unspecified atom stereocenters. The highest BCUT2D eigenvalue weighted by molar-refractivity contribution is 5.98. The number of hydrogen-bond acceptors (Lipinski definition) is 5. The number of nitrogens with zero attached hydrogens (tertiary/aromatic N) is 1. The Bertz CT molecular complexity index is 644. The number of ether oxygens (including phenoxy) is 2. The maximum absolute atomic E-state index is 12.6. The zero-order valence-corrected chi connectivity index (χ0v) is 16.5. The second-order valence-corrected chi connectivity index (χ2v) is 6.77. The van der Waals surface area contributed by atoms with E-state index in [1.54, 1.807) is 30.2 Å². The van der Waals surface area contributed by atoms with Gasteiger partial charge in [-0.3, -0.25) is 9.59 Å². The molecule has 0 saturated carbocycles. The van der Waals surface area contributed by atoms with Gasteiger partial charge in [0.1, 0.15) is 5.75 Å². The Hall–Kier alpha value is -1.83. The molecule has 0 aliphatic carbocycles. The molecule has 3 rings (SSSR count). The topological polar surface area (TPSA) is 79.9 Å². The Morgan fingerprint density at radius 3 is 2.78 bits per heavy atom. The van der Waals surface area contributed by atoms with Gasteiger partial charge in [0.15, 0.2) is 0 Å². The fourth-order valence-electron chi connectivity index (χ4n) is 3.40. The van der Waals surface area contributed by atoms with Crippen LogP contribution in [0.4, 0.5) is 5.69 Å². The van der Waals surface area contributed by atoms with E-state index in [-0.39, 0.29) is 24.2 Å². The van der Waals surface area contributed by atoms with Gasteiger partial charge in [0, 0.05) is 25.1 Å². The van der Waals surface area contributed by atoms with Crippen LogP contribution in [0, 0.1) is 5.92 Å². The van der Waals surface area contributed by atoms with Crippen molar-refractivity contribution < 1.29 is 19.1 Å². The van der Waals surface area contributed by atoms with Crippen LogP contribution >= 0.6 is 12.4 Å². The maximum Gasteiger partial charge on any atom is 0.254 e. The molecule has 0 aromatic heterocycles. The molecule has 2 aliphatic heterocycles.